The number of carbonyl (C=O) groups is 1. The molecule has 0 unspecified atom stereocenters. The highest BCUT2D eigenvalue weighted by atomic mass is 16.5. The standard InChI is InChI=1S/C23H29N3O3/c1-4-24-10-12-25(13-11-24)20-7-5-6-18-19(20)16-26(23(18)27)15-17-8-9-21(28-2)22(14-17)29-3/h5-9,14H,4,10-13,15-16H2,1-3H3. The van der Waals surface area contributed by atoms with Gasteiger partial charge in [-0.05, 0) is 36.4 Å². The van der Waals surface area contributed by atoms with Gasteiger partial charge < -0.3 is 24.2 Å². The number of likely N-dealkylation sites (N-methyl/N-ethyl adjacent to an activating group) is 1. The molecule has 2 aliphatic heterocycles. The van der Waals surface area contributed by atoms with Crippen LogP contribution in [0.4, 0.5) is 5.69 Å². The topological polar surface area (TPSA) is 45.2 Å². The summed E-state index contributed by atoms with van der Waals surface area (Å²) in [5, 5.41) is 0. The normalized spacial score (nSPS) is 16.9. The van der Waals surface area contributed by atoms with Crippen LogP contribution in [0.2, 0.25) is 0 Å². The van der Waals surface area contributed by atoms with Crippen molar-refractivity contribution in [3.8, 4) is 11.5 Å². The molecule has 1 amide bonds. The molecule has 0 bridgehead atoms. The minimum atomic E-state index is 0.101. The summed E-state index contributed by atoms with van der Waals surface area (Å²) in [6, 6.07) is 12.0. The van der Waals surface area contributed by atoms with Crippen molar-refractivity contribution in [3.05, 3.63) is 53.1 Å². The molecule has 0 aliphatic carbocycles. The van der Waals surface area contributed by atoms with E-state index in [1.165, 1.54) is 5.69 Å². The lowest BCUT2D eigenvalue weighted by molar-refractivity contribution is 0.0766. The lowest BCUT2D eigenvalue weighted by atomic mass is 10.1. The summed E-state index contributed by atoms with van der Waals surface area (Å²) >= 11 is 0. The van der Waals surface area contributed by atoms with Crippen LogP contribution in [0.3, 0.4) is 0 Å². The second-order valence-corrected chi connectivity index (χ2v) is 7.58. The van der Waals surface area contributed by atoms with Crippen LogP contribution in [0.5, 0.6) is 11.5 Å². The first-order valence-electron chi connectivity index (χ1n) is 10.2. The van der Waals surface area contributed by atoms with Gasteiger partial charge in [-0.25, -0.2) is 0 Å². The fraction of sp³-hybridized carbons (Fsp3) is 0.435. The molecule has 2 heterocycles. The number of amides is 1. The van der Waals surface area contributed by atoms with Crippen molar-refractivity contribution in [1.29, 1.82) is 0 Å². The Balaban J connectivity index is 1.53. The summed E-state index contributed by atoms with van der Waals surface area (Å²) < 4.78 is 10.7. The zero-order valence-corrected chi connectivity index (χ0v) is 17.5. The van der Waals surface area contributed by atoms with Crippen molar-refractivity contribution in [2.75, 3.05) is 51.8 Å². The smallest absolute Gasteiger partial charge is 0.254 e. The summed E-state index contributed by atoms with van der Waals surface area (Å²) in [7, 11) is 3.25. The number of anilines is 1. The first kappa shape index (κ1) is 19.6. The molecule has 0 spiro atoms. The van der Waals surface area contributed by atoms with Crippen molar-refractivity contribution in [2.45, 2.75) is 20.0 Å². The third kappa shape index (κ3) is 3.77. The van der Waals surface area contributed by atoms with Crippen molar-refractivity contribution in [3.63, 3.8) is 0 Å². The predicted octanol–water partition coefficient (Wildman–Crippen LogP) is 3.00. The molecule has 0 radical (unpaired) electrons. The number of rotatable bonds is 6. The second-order valence-electron chi connectivity index (χ2n) is 7.58. The third-order valence-electron chi connectivity index (χ3n) is 6.00. The van der Waals surface area contributed by atoms with E-state index in [2.05, 4.69) is 22.8 Å². The Morgan fingerprint density at radius 3 is 2.41 bits per heavy atom. The van der Waals surface area contributed by atoms with Crippen LogP contribution in [0.15, 0.2) is 36.4 Å². The maximum atomic E-state index is 13.1. The molecule has 6 nitrogen and oxygen atoms in total. The molecule has 1 fully saturated rings. The van der Waals surface area contributed by atoms with Gasteiger partial charge in [-0.1, -0.05) is 19.1 Å². The van der Waals surface area contributed by atoms with Crippen LogP contribution in [-0.4, -0.2) is 62.7 Å². The van der Waals surface area contributed by atoms with Crippen molar-refractivity contribution in [2.24, 2.45) is 0 Å². The Bertz CT molecular complexity index is 891. The van der Waals surface area contributed by atoms with Crippen molar-refractivity contribution in [1.82, 2.24) is 9.80 Å². The van der Waals surface area contributed by atoms with E-state index in [4.69, 9.17) is 9.47 Å². The zero-order chi connectivity index (χ0) is 20.4. The fourth-order valence-electron chi connectivity index (χ4n) is 4.30. The highest BCUT2D eigenvalue weighted by Gasteiger charge is 2.31. The number of carbonyl (C=O) groups excluding carboxylic acids is 1. The third-order valence-corrected chi connectivity index (χ3v) is 6.00. The van der Waals surface area contributed by atoms with Crippen LogP contribution in [0, 0.1) is 0 Å². The van der Waals surface area contributed by atoms with Gasteiger partial charge in [0, 0.05) is 56.1 Å². The Morgan fingerprint density at radius 2 is 1.72 bits per heavy atom. The van der Waals surface area contributed by atoms with E-state index >= 15 is 0 Å². The SMILES string of the molecule is CCN1CCN(c2cccc3c2CN(Cc2ccc(OC)c(OC)c2)C3=O)CC1. The number of piperazine rings is 1. The van der Waals surface area contributed by atoms with Crippen LogP contribution in [0.1, 0.15) is 28.4 Å². The first-order chi connectivity index (χ1) is 14.1. The maximum absolute atomic E-state index is 13.1. The number of nitrogens with zero attached hydrogens (tertiary/aromatic N) is 3. The second kappa shape index (κ2) is 8.33. The summed E-state index contributed by atoms with van der Waals surface area (Å²) in [6.45, 7) is 8.66. The molecule has 0 aromatic heterocycles. The molecule has 6 heteroatoms. The van der Waals surface area contributed by atoms with Crippen LogP contribution in [-0.2, 0) is 13.1 Å². The number of methoxy groups -OCH3 is 2. The highest BCUT2D eigenvalue weighted by Crippen LogP contribution is 2.34. The van der Waals surface area contributed by atoms with Gasteiger partial charge in [-0.3, -0.25) is 4.79 Å². The van der Waals surface area contributed by atoms with E-state index in [9.17, 15) is 4.79 Å². The molecular weight excluding hydrogens is 366 g/mol. The van der Waals surface area contributed by atoms with E-state index in [1.54, 1.807) is 14.2 Å². The number of fused-ring (bicyclic) bond motifs is 1. The van der Waals surface area contributed by atoms with E-state index in [-0.39, 0.29) is 5.91 Å². The average Bonchev–Trinajstić information content (AvgIpc) is 3.09. The molecule has 2 aromatic rings. The highest BCUT2D eigenvalue weighted by molar-refractivity contribution is 6.00. The molecule has 0 atom stereocenters. The number of benzene rings is 2. The molecule has 29 heavy (non-hydrogen) atoms. The minimum Gasteiger partial charge on any atom is -0.493 e. The molecule has 0 N–H and O–H groups in total. The van der Waals surface area contributed by atoms with Gasteiger partial charge >= 0.3 is 0 Å². The summed E-state index contributed by atoms with van der Waals surface area (Å²) in [5.41, 5.74) is 4.23. The number of hydrogen-bond donors (Lipinski definition) is 0. The fourth-order valence-corrected chi connectivity index (χ4v) is 4.30. The molecular formula is C23H29N3O3. The van der Waals surface area contributed by atoms with E-state index in [0.717, 1.165) is 49.4 Å². The molecule has 1 saturated heterocycles. The van der Waals surface area contributed by atoms with E-state index < -0.39 is 0 Å². The van der Waals surface area contributed by atoms with Gasteiger partial charge in [0.05, 0.1) is 14.2 Å². The Kier molecular flexibility index (Phi) is 5.62. The van der Waals surface area contributed by atoms with E-state index in [0.29, 0.717) is 24.6 Å². The number of hydrogen-bond acceptors (Lipinski definition) is 5. The van der Waals surface area contributed by atoms with Gasteiger partial charge in [0.1, 0.15) is 0 Å². The predicted molar refractivity (Wildman–Crippen MR) is 114 cm³/mol. The molecule has 2 aliphatic rings. The Labute approximate surface area is 172 Å². The molecule has 4 rings (SSSR count). The average molecular weight is 396 g/mol. The lowest BCUT2D eigenvalue weighted by Gasteiger charge is -2.36. The summed E-state index contributed by atoms with van der Waals surface area (Å²) in [6.07, 6.45) is 0. The van der Waals surface area contributed by atoms with Gasteiger partial charge in [-0.2, -0.15) is 0 Å². The summed E-state index contributed by atoms with van der Waals surface area (Å²) in [5.74, 6) is 1.48. The summed E-state index contributed by atoms with van der Waals surface area (Å²) in [4.78, 5) is 19.9. The van der Waals surface area contributed by atoms with Crippen molar-refractivity contribution >= 4 is 11.6 Å². The first-order valence-corrected chi connectivity index (χ1v) is 10.2. The van der Waals surface area contributed by atoms with Gasteiger partial charge in [0.15, 0.2) is 11.5 Å². The van der Waals surface area contributed by atoms with Crippen molar-refractivity contribution < 1.29 is 14.3 Å². The molecule has 0 saturated carbocycles. The molecule has 2 aromatic carbocycles. The molecule has 154 valence electrons. The van der Waals surface area contributed by atoms with Gasteiger partial charge in [-0.15, -0.1) is 0 Å². The van der Waals surface area contributed by atoms with Crippen LogP contribution in [0.25, 0.3) is 0 Å². The zero-order valence-electron chi connectivity index (χ0n) is 17.5. The van der Waals surface area contributed by atoms with E-state index in [1.807, 2.05) is 35.2 Å². The Hall–Kier alpha value is -2.73. The monoisotopic (exact) mass is 395 g/mol. The maximum Gasteiger partial charge on any atom is 0.254 e. The number of ether oxygens (including phenoxy) is 2. The van der Waals surface area contributed by atoms with Gasteiger partial charge in [0.2, 0.25) is 0 Å². The minimum absolute atomic E-state index is 0.101. The largest absolute Gasteiger partial charge is 0.493 e. The quantitative estimate of drug-likeness (QED) is 0.752. The van der Waals surface area contributed by atoms with Crippen LogP contribution < -0.4 is 14.4 Å². The Morgan fingerprint density at radius 1 is 0.966 bits per heavy atom. The van der Waals surface area contributed by atoms with Crippen LogP contribution >= 0.6 is 0 Å². The lowest BCUT2D eigenvalue weighted by Crippen LogP contribution is -2.46. The van der Waals surface area contributed by atoms with Gasteiger partial charge in [0.25, 0.3) is 5.91 Å².